The predicted octanol–water partition coefficient (Wildman–Crippen LogP) is 4.30. The lowest BCUT2D eigenvalue weighted by atomic mass is 9.95. The Bertz CT molecular complexity index is 803. The summed E-state index contributed by atoms with van der Waals surface area (Å²) in [6, 6.07) is 11.0. The van der Waals surface area contributed by atoms with E-state index in [1.165, 1.54) is 18.2 Å². The number of carboxylic acids is 1. The molecule has 0 saturated carbocycles. The van der Waals surface area contributed by atoms with Crippen LogP contribution in [0.25, 0.3) is 0 Å². The van der Waals surface area contributed by atoms with Gasteiger partial charge in [-0.15, -0.1) is 0 Å². The van der Waals surface area contributed by atoms with Crippen molar-refractivity contribution in [3.05, 3.63) is 59.7 Å². The van der Waals surface area contributed by atoms with Gasteiger partial charge in [0.25, 0.3) is 0 Å². The molecule has 0 heterocycles. The van der Waals surface area contributed by atoms with Crippen LogP contribution in [0, 0.1) is 0 Å². The van der Waals surface area contributed by atoms with Gasteiger partial charge in [-0.25, -0.2) is 4.79 Å². The zero-order chi connectivity index (χ0) is 20.0. The van der Waals surface area contributed by atoms with Crippen LogP contribution in [0.2, 0.25) is 0 Å². The van der Waals surface area contributed by atoms with Gasteiger partial charge >= 0.3 is 12.1 Å². The Balaban J connectivity index is 1.94. The number of alkyl halides is 3. The standard InChI is InChI=1S/C19H18F3NO4/c1-12(13-3-2-4-14(10-13)19(20,21)22)9-17(24)23-15-5-7-16(8-6-15)27-11-18(25)26/h2-8,10,12H,9,11H2,1H3,(H,23,24)(H,25,26). The zero-order valence-electron chi connectivity index (χ0n) is 14.4. The molecule has 8 heteroatoms. The van der Waals surface area contributed by atoms with Crippen LogP contribution < -0.4 is 10.1 Å². The van der Waals surface area contributed by atoms with Gasteiger partial charge in [-0.2, -0.15) is 13.2 Å². The number of carboxylic acid groups (broad SMARTS) is 1. The van der Waals surface area contributed by atoms with Gasteiger partial charge in [0, 0.05) is 12.1 Å². The molecule has 0 aliphatic rings. The van der Waals surface area contributed by atoms with Crippen LogP contribution in [0.3, 0.4) is 0 Å². The number of carbonyl (C=O) groups excluding carboxylic acids is 1. The van der Waals surface area contributed by atoms with Gasteiger partial charge in [-0.3, -0.25) is 4.79 Å². The van der Waals surface area contributed by atoms with Gasteiger partial charge in [-0.1, -0.05) is 25.1 Å². The van der Waals surface area contributed by atoms with Crippen LogP contribution in [-0.2, 0) is 15.8 Å². The predicted molar refractivity (Wildman–Crippen MR) is 92.7 cm³/mol. The van der Waals surface area contributed by atoms with Crippen molar-refractivity contribution in [3.8, 4) is 5.75 Å². The van der Waals surface area contributed by atoms with E-state index < -0.39 is 30.2 Å². The number of hydrogen-bond donors (Lipinski definition) is 2. The normalized spacial score (nSPS) is 12.3. The van der Waals surface area contributed by atoms with Crippen molar-refractivity contribution >= 4 is 17.6 Å². The molecule has 0 radical (unpaired) electrons. The molecule has 0 fully saturated rings. The van der Waals surface area contributed by atoms with E-state index in [0.717, 1.165) is 12.1 Å². The first kappa shape index (κ1) is 20.3. The van der Waals surface area contributed by atoms with Crippen molar-refractivity contribution in [2.24, 2.45) is 0 Å². The fourth-order valence-corrected chi connectivity index (χ4v) is 2.41. The molecule has 2 aromatic carbocycles. The van der Waals surface area contributed by atoms with Crippen LogP contribution in [0.15, 0.2) is 48.5 Å². The number of halogens is 3. The first-order chi connectivity index (χ1) is 12.6. The highest BCUT2D eigenvalue weighted by Gasteiger charge is 2.30. The fourth-order valence-electron chi connectivity index (χ4n) is 2.41. The number of carbonyl (C=O) groups is 2. The largest absolute Gasteiger partial charge is 0.482 e. The average Bonchev–Trinajstić information content (AvgIpc) is 2.60. The highest BCUT2D eigenvalue weighted by molar-refractivity contribution is 5.91. The summed E-state index contributed by atoms with van der Waals surface area (Å²) in [5.41, 5.74) is 0.153. The average molecular weight is 381 g/mol. The SMILES string of the molecule is CC(CC(=O)Nc1ccc(OCC(=O)O)cc1)c1cccc(C(F)(F)F)c1. The van der Waals surface area contributed by atoms with Gasteiger partial charge in [0.1, 0.15) is 5.75 Å². The van der Waals surface area contributed by atoms with Crippen molar-refractivity contribution in [1.29, 1.82) is 0 Å². The van der Waals surface area contributed by atoms with Crippen molar-refractivity contribution in [3.63, 3.8) is 0 Å². The molecule has 0 aromatic heterocycles. The molecule has 27 heavy (non-hydrogen) atoms. The summed E-state index contributed by atoms with van der Waals surface area (Å²) in [6.45, 7) is 1.21. The number of hydrogen-bond acceptors (Lipinski definition) is 3. The Morgan fingerprint density at radius 1 is 1.15 bits per heavy atom. The Morgan fingerprint density at radius 2 is 1.81 bits per heavy atom. The number of aliphatic carboxylic acids is 1. The quantitative estimate of drug-likeness (QED) is 0.750. The van der Waals surface area contributed by atoms with Crippen LogP contribution >= 0.6 is 0 Å². The zero-order valence-corrected chi connectivity index (χ0v) is 14.4. The summed E-state index contributed by atoms with van der Waals surface area (Å²) < 4.78 is 43.4. The van der Waals surface area contributed by atoms with E-state index >= 15 is 0 Å². The van der Waals surface area contributed by atoms with Crippen LogP contribution in [0.4, 0.5) is 18.9 Å². The molecule has 144 valence electrons. The summed E-state index contributed by atoms with van der Waals surface area (Å²) in [4.78, 5) is 22.6. The first-order valence-corrected chi connectivity index (χ1v) is 8.07. The molecular weight excluding hydrogens is 363 g/mol. The Labute approximate surface area is 153 Å². The van der Waals surface area contributed by atoms with Crippen molar-refractivity contribution in [2.45, 2.75) is 25.4 Å². The second-order valence-corrected chi connectivity index (χ2v) is 5.98. The molecule has 2 rings (SSSR count). The van der Waals surface area contributed by atoms with Crippen molar-refractivity contribution in [2.75, 3.05) is 11.9 Å². The number of nitrogens with one attached hydrogen (secondary N) is 1. The Morgan fingerprint density at radius 3 is 2.41 bits per heavy atom. The number of benzene rings is 2. The lowest BCUT2D eigenvalue weighted by Gasteiger charge is -2.14. The van der Waals surface area contributed by atoms with E-state index in [4.69, 9.17) is 9.84 Å². The molecule has 0 aliphatic carbocycles. The maximum atomic E-state index is 12.8. The molecule has 0 saturated heterocycles. The molecule has 1 unspecified atom stereocenters. The van der Waals surface area contributed by atoms with Crippen LogP contribution in [0.5, 0.6) is 5.75 Å². The summed E-state index contributed by atoms with van der Waals surface area (Å²) in [5.74, 6) is -1.51. The minimum Gasteiger partial charge on any atom is -0.482 e. The second-order valence-electron chi connectivity index (χ2n) is 5.98. The molecule has 0 spiro atoms. The van der Waals surface area contributed by atoms with Crippen LogP contribution in [-0.4, -0.2) is 23.6 Å². The molecule has 1 atom stereocenters. The monoisotopic (exact) mass is 381 g/mol. The number of ether oxygens (including phenoxy) is 1. The maximum absolute atomic E-state index is 12.8. The third-order valence-electron chi connectivity index (χ3n) is 3.77. The number of rotatable bonds is 7. The molecular formula is C19H18F3NO4. The topological polar surface area (TPSA) is 75.6 Å². The maximum Gasteiger partial charge on any atom is 0.416 e. The van der Waals surface area contributed by atoms with Gasteiger partial charge in [0.2, 0.25) is 5.91 Å². The van der Waals surface area contributed by atoms with E-state index in [1.54, 1.807) is 25.1 Å². The lowest BCUT2D eigenvalue weighted by molar-refractivity contribution is -0.139. The van der Waals surface area contributed by atoms with Gasteiger partial charge in [0.05, 0.1) is 5.56 Å². The smallest absolute Gasteiger partial charge is 0.416 e. The molecule has 2 N–H and O–H groups in total. The second kappa shape index (κ2) is 8.57. The highest BCUT2D eigenvalue weighted by Crippen LogP contribution is 2.31. The summed E-state index contributed by atoms with van der Waals surface area (Å²) in [6.07, 6.45) is -4.42. The number of amides is 1. The van der Waals surface area contributed by atoms with Crippen LogP contribution in [0.1, 0.15) is 30.4 Å². The summed E-state index contributed by atoms with van der Waals surface area (Å²) >= 11 is 0. The third kappa shape index (κ3) is 6.32. The van der Waals surface area contributed by atoms with Gasteiger partial charge < -0.3 is 15.2 Å². The van der Waals surface area contributed by atoms with Gasteiger partial charge in [0.15, 0.2) is 6.61 Å². The molecule has 2 aromatic rings. The minimum atomic E-state index is -4.43. The number of anilines is 1. The summed E-state index contributed by atoms with van der Waals surface area (Å²) in [7, 11) is 0. The van der Waals surface area contributed by atoms with E-state index in [2.05, 4.69) is 5.32 Å². The minimum absolute atomic E-state index is 0.0125. The lowest BCUT2D eigenvalue weighted by Crippen LogP contribution is -2.15. The van der Waals surface area contributed by atoms with Crippen molar-refractivity contribution in [1.82, 2.24) is 0 Å². The van der Waals surface area contributed by atoms with E-state index in [9.17, 15) is 22.8 Å². The van der Waals surface area contributed by atoms with E-state index in [1.807, 2.05) is 0 Å². The third-order valence-corrected chi connectivity index (χ3v) is 3.77. The Kier molecular flexibility index (Phi) is 6.44. The van der Waals surface area contributed by atoms with E-state index in [0.29, 0.717) is 17.0 Å². The fraction of sp³-hybridized carbons (Fsp3) is 0.263. The highest BCUT2D eigenvalue weighted by atomic mass is 19.4. The summed E-state index contributed by atoms with van der Waals surface area (Å²) in [5, 5.41) is 11.2. The Hall–Kier alpha value is -3.03. The van der Waals surface area contributed by atoms with Crippen molar-refractivity contribution < 1.29 is 32.6 Å². The molecule has 0 bridgehead atoms. The molecule has 0 aliphatic heterocycles. The van der Waals surface area contributed by atoms with Gasteiger partial charge in [-0.05, 0) is 41.8 Å². The van der Waals surface area contributed by atoms with E-state index in [-0.39, 0.29) is 12.3 Å². The molecule has 5 nitrogen and oxygen atoms in total. The molecule has 1 amide bonds. The first-order valence-electron chi connectivity index (χ1n) is 8.07.